The minimum Gasteiger partial charge on any atom is -0.507 e. The summed E-state index contributed by atoms with van der Waals surface area (Å²) in [6.45, 7) is 15.6. The Balaban J connectivity index is 1.76. The molecule has 2 rings (SSSR count). The van der Waals surface area contributed by atoms with Gasteiger partial charge < -0.3 is 9.84 Å². The number of hydrogen-bond acceptors (Lipinski definition) is 2. The van der Waals surface area contributed by atoms with E-state index in [1.165, 1.54) is 63.4 Å². The molecule has 1 aromatic rings. The molecule has 2 heteroatoms. The summed E-state index contributed by atoms with van der Waals surface area (Å²) in [6.07, 6.45) is 15.4. The third-order valence-electron chi connectivity index (χ3n) is 7.69. The average Bonchev–Trinajstić information content (AvgIpc) is 2.70. The van der Waals surface area contributed by atoms with Crippen LogP contribution >= 0.6 is 0 Å². The molecule has 1 aliphatic heterocycles. The summed E-state index contributed by atoms with van der Waals surface area (Å²) in [4.78, 5) is 0. The lowest BCUT2D eigenvalue weighted by Gasteiger charge is -2.38. The first-order valence-corrected chi connectivity index (χ1v) is 12.7. The molecular weight excluding hydrogens is 368 g/mol. The second kappa shape index (κ2) is 11.4. The molecule has 1 aliphatic rings. The van der Waals surface area contributed by atoms with Gasteiger partial charge in [-0.3, -0.25) is 0 Å². The van der Waals surface area contributed by atoms with Gasteiger partial charge in [0.25, 0.3) is 0 Å². The van der Waals surface area contributed by atoms with Crippen LogP contribution in [0.15, 0.2) is 0 Å². The van der Waals surface area contributed by atoms with Crippen molar-refractivity contribution in [3.8, 4) is 11.5 Å². The Kier molecular flexibility index (Phi) is 9.57. The summed E-state index contributed by atoms with van der Waals surface area (Å²) in [5, 5.41) is 10.4. The van der Waals surface area contributed by atoms with Gasteiger partial charge >= 0.3 is 0 Å². The number of aromatic hydroxyl groups is 1. The van der Waals surface area contributed by atoms with Gasteiger partial charge in [-0.2, -0.15) is 0 Å². The fraction of sp³-hybridized carbons (Fsp3) is 0.786. The first kappa shape index (κ1) is 25.1. The van der Waals surface area contributed by atoms with Crippen LogP contribution < -0.4 is 4.74 Å². The zero-order valence-corrected chi connectivity index (χ0v) is 21.0. The molecule has 3 atom stereocenters. The molecule has 0 bridgehead atoms. The minimum absolute atomic E-state index is 0.0683. The monoisotopic (exact) mass is 416 g/mol. The van der Waals surface area contributed by atoms with Crippen LogP contribution in [-0.2, 0) is 6.42 Å². The fourth-order valence-electron chi connectivity index (χ4n) is 5.14. The van der Waals surface area contributed by atoms with E-state index in [-0.39, 0.29) is 5.60 Å². The van der Waals surface area contributed by atoms with Crippen LogP contribution in [0.25, 0.3) is 0 Å². The van der Waals surface area contributed by atoms with Crippen molar-refractivity contribution in [2.45, 2.75) is 131 Å². The van der Waals surface area contributed by atoms with Crippen LogP contribution in [0, 0.1) is 32.6 Å². The minimum atomic E-state index is -0.0683. The van der Waals surface area contributed by atoms with Crippen molar-refractivity contribution in [2.75, 3.05) is 0 Å². The normalized spacial score (nSPS) is 20.5. The second-order valence-corrected chi connectivity index (χ2v) is 10.6. The van der Waals surface area contributed by atoms with Crippen LogP contribution in [0.5, 0.6) is 11.5 Å². The lowest BCUT2D eigenvalue weighted by Crippen LogP contribution is -2.37. The summed E-state index contributed by atoms with van der Waals surface area (Å²) >= 11 is 0. The van der Waals surface area contributed by atoms with Gasteiger partial charge in [0.1, 0.15) is 17.1 Å². The van der Waals surface area contributed by atoms with Gasteiger partial charge in [-0.15, -0.1) is 0 Å². The number of hydrogen-bond donors (Lipinski definition) is 1. The molecule has 0 aromatic heterocycles. The molecule has 0 saturated carbocycles. The van der Waals surface area contributed by atoms with Crippen molar-refractivity contribution >= 4 is 0 Å². The Hall–Kier alpha value is -1.18. The third kappa shape index (κ3) is 6.66. The van der Waals surface area contributed by atoms with Crippen LogP contribution in [0.4, 0.5) is 0 Å². The van der Waals surface area contributed by atoms with E-state index in [9.17, 15) is 5.11 Å². The molecule has 0 unspecified atom stereocenters. The van der Waals surface area contributed by atoms with E-state index < -0.39 is 0 Å². The zero-order valence-electron chi connectivity index (χ0n) is 21.0. The van der Waals surface area contributed by atoms with Gasteiger partial charge in [-0.1, -0.05) is 72.1 Å². The highest BCUT2D eigenvalue weighted by Crippen LogP contribution is 2.44. The zero-order chi connectivity index (χ0) is 22.3. The highest BCUT2D eigenvalue weighted by molar-refractivity contribution is 5.58. The molecule has 0 amide bonds. The Morgan fingerprint density at radius 2 is 1.47 bits per heavy atom. The molecule has 1 heterocycles. The van der Waals surface area contributed by atoms with Gasteiger partial charge in [0.05, 0.1) is 0 Å². The van der Waals surface area contributed by atoms with E-state index in [2.05, 4.69) is 34.6 Å². The number of unbranched alkanes of at least 4 members (excludes halogenated alkanes) is 2. The topological polar surface area (TPSA) is 29.5 Å². The lowest BCUT2D eigenvalue weighted by molar-refractivity contribution is 0.0512. The maximum absolute atomic E-state index is 10.4. The van der Waals surface area contributed by atoms with E-state index in [1.54, 1.807) is 0 Å². The van der Waals surface area contributed by atoms with Gasteiger partial charge in [0, 0.05) is 5.56 Å². The number of phenolic OH excluding ortho intramolecular Hbond substituents is 1. The molecule has 0 fully saturated rings. The summed E-state index contributed by atoms with van der Waals surface area (Å²) < 4.78 is 6.60. The van der Waals surface area contributed by atoms with E-state index in [1.807, 2.05) is 13.8 Å². The predicted octanol–water partition coefficient (Wildman–Crippen LogP) is 8.59. The highest BCUT2D eigenvalue weighted by Gasteiger charge is 2.34. The molecule has 2 nitrogen and oxygen atoms in total. The van der Waals surface area contributed by atoms with Crippen molar-refractivity contribution in [1.29, 1.82) is 0 Å². The summed E-state index contributed by atoms with van der Waals surface area (Å²) in [5.74, 6) is 3.21. The molecule has 1 N–H and O–H groups in total. The molecular formula is C28H48O2. The van der Waals surface area contributed by atoms with Crippen molar-refractivity contribution < 1.29 is 9.84 Å². The standard InChI is InChI=1S/C28H48O2/c1-8-9-10-13-20(2)14-11-15-21(3)16-12-18-28(7)19-17-25-24(6)26(29)22(4)23(5)27(25)30-28/h20-21,29H,8-19H2,1-7H3/t20-,21-,28-/m1/s1. The Morgan fingerprint density at radius 1 is 0.867 bits per heavy atom. The summed E-state index contributed by atoms with van der Waals surface area (Å²) in [6, 6.07) is 0. The summed E-state index contributed by atoms with van der Waals surface area (Å²) in [7, 11) is 0. The molecule has 30 heavy (non-hydrogen) atoms. The van der Waals surface area contributed by atoms with Crippen molar-refractivity contribution in [3.05, 3.63) is 22.3 Å². The largest absolute Gasteiger partial charge is 0.507 e. The third-order valence-corrected chi connectivity index (χ3v) is 7.69. The summed E-state index contributed by atoms with van der Waals surface area (Å²) in [5.41, 5.74) is 4.23. The maximum Gasteiger partial charge on any atom is 0.127 e. The van der Waals surface area contributed by atoms with Crippen molar-refractivity contribution in [1.82, 2.24) is 0 Å². The van der Waals surface area contributed by atoms with Crippen molar-refractivity contribution in [3.63, 3.8) is 0 Å². The molecule has 0 aliphatic carbocycles. The smallest absolute Gasteiger partial charge is 0.127 e. The number of fused-ring (bicyclic) bond motifs is 1. The lowest BCUT2D eigenvalue weighted by atomic mass is 9.84. The molecule has 172 valence electrons. The second-order valence-electron chi connectivity index (χ2n) is 10.6. The molecule has 0 saturated heterocycles. The van der Waals surface area contributed by atoms with Crippen LogP contribution in [-0.4, -0.2) is 10.7 Å². The number of rotatable bonds is 12. The number of benzene rings is 1. The van der Waals surface area contributed by atoms with Gasteiger partial charge in [-0.05, 0) is 81.9 Å². The van der Waals surface area contributed by atoms with Crippen molar-refractivity contribution in [2.24, 2.45) is 11.8 Å². The van der Waals surface area contributed by atoms with E-state index in [4.69, 9.17) is 4.74 Å². The molecule has 1 aromatic carbocycles. The number of phenols is 1. The van der Waals surface area contributed by atoms with Gasteiger partial charge in [0.15, 0.2) is 0 Å². The Labute approximate surface area is 186 Å². The van der Waals surface area contributed by atoms with E-state index in [0.29, 0.717) is 5.75 Å². The van der Waals surface area contributed by atoms with Crippen LogP contribution in [0.2, 0.25) is 0 Å². The first-order chi connectivity index (χ1) is 14.2. The quantitative estimate of drug-likeness (QED) is 0.346. The van der Waals surface area contributed by atoms with Crippen LogP contribution in [0.3, 0.4) is 0 Å². The SMILES string of the molecule is CCCCC[C@@H](C)CCC[C@@H](C)CCC[C@]1(C)CCc2c(C)c(O)c(C)c(C)c2O1. The average molecular weight is 417 g/mol. The van der Waals surface area contributed by atoms with Crippen LogP contribution in [0.1, 0.15) is 121 Å². The predicted molar refractivity (Wildman–Crippen MR) is 130 cm³/mol. The fourth-order valence-corrected chi connectivity index (χ4v) is 5.14. The molecule has 0 spiro atoms. The van der Waals surface area contributed by atoms with E-state index in [0.717, 1.165) is 53.5 Å². The Morgan fingerprint density at radius 3 is 2.10 bits per heavy atom. The van der Waals surface area contributed by atoms with Gasteiger partial charge in [0.2, 0.25) is 0 Å². The Bertz CT molecular complexity index is 678. The maximum atomic E-state index is 10.4. The van der Waals surface area contributed by atoms with Gasteiger partial charge in [-0.25, -0.2) is 0 Å². The highest BCUT2D eigenvalue weighted by atomic mass is 16.5. The molecule has 0 radical (unpaired) electrons. The van der Waals surface area contributed by atoms with E-state index >= 15 is 0 Å². The first-order valence-electron chi connectivity index (χ1n) is 12.7. The number of ether oxygens (including phenoxy) is 1.